The molecule has 0 aromatic rings. The summed E-state index contributed by atoms with van der Waals surface area (Å²) in [6.45, 7) is 9.40. The molecule has 3 rings (SSSR count). The maximum Gasteiger partial charge on any atom is -1.00 e. The van der Waals surface area contributed by atoms with Gasteiger partial charge in [-0.2, -0.15) is 0 Å². The molecule has 2 aliphatic carbocycles. The third-order valence-electron chi connectivity index (χ3n) is 5.92. The minimum absolute atomic E-state index is 0. The zero-order valence-electron chi connectivity index (χ0n) is 15.1. The quantitative estimate of drug-likeness (QED) is 0.583. The summed E-state index contributed by atoms with van der Waals surface area (Å²) in [5.74, 6) is 0. The van der Waals surface area contributed by atoms with Gasteiger partial charge < -0.3 is 24.8 Å². The zero-order valence-corrected chi connectivity index (χ0v) is 19.0. The third-order valence-corrected chi connectivity index (χ3v) is 17.7. The molecular formula is C20H30Cl2Zr. The number of hydrogen-bond acceptors (Lipinski definition) is 0. The summed E-state index contributed by atoms with van der Waals surface area (Å²) in [7, 11) is 0. The van der Waals surface area contributed by atoms with E-state index < -0.39 is 20.3 Å². The molecule has 3 aliphatic rings. The Balaban J connectivity index is 0.00000132. The zero-order chi connectivity index (χ0) is 15.0. The van der Waals surface area contributed by atoms with Crippen LogP contribution in [0.1, 0.15) is 66.2 Å². The Kier molecular flexibility index (Phi) is 8.11. The fourth-order valence-corrected chi connectivity index (χ4v) is 19.5. The Morgan fingerprint density at radius 2 is 1.09 bits per heavy atom. The van der Waals surface area contributed by atoms with E-state index in [1.54, 1.807) is 30.5 Å². The SMILES string of the molecule is CCC1=CC(CC)=[C]([Zr+2]2([C]3=C(CC)C=C(CC)C3)[CH2][CH2]2)C1.[Cl-].[Cl-]. The average Bonchev–Trinajstić information content (AvgIpc) is 3.03. The molecule has 0 spiro atoms. The van der Waals surface area contributed by atoms with Crippen LogP contribution in [0.5, 0.6) is 0 Å². The van der Waals surface area contributed by atoms with Crippen molar-refractivity contribution in [1.82, 2.24) is 0 Å². The van der Waals surface area contributed by atoms with Crippen LogP contribution in [0, 0.1) is 0 Å². The molecule has 0 aromatic heterocycles. The monoisotopic (exact) mass is 430 g/mol. The first-order valence-electron chi connectivity index (χ1n) is 9.02. The third kappa shape index (κ3) is 3.83. The predicted octanol–water partition coefficient (Wildman–Crippen LogP) is 0.807. The van der Waals surface area contributed by atoms with Crippen molar-refractivity contribution >= 4 is 0 Å². The second-order valence-corrected chi connectivity index (χ2v) is 17.7. The van der Waals surface area contributed by atoms with Gasteiger partial charge in [0.05, 0.1) is 0 Å². The van der Waals surface area contributed by atoms with E-state index in [2.05, 4.69) is 39.8 Å². The van der Waals surface area contributed by atoms with Crippen LogP contribution in [0.3, 0.4) is 0 Å². The van der Waals surface area contributed by atoms with Crippen molar-refractivity contribution in [3.05, 3.63) is 41.0 Å². The van der Waals surface area contributed by atoms with Gasteiger partial charge in [0.2, 0.25) is 0 Å². The van der Waals surface area contributed by atoms with Gasteiger partial charge in [0.15, 0.2) is 0 Å². The standard InChI is InChI=1S/2C9H13.C2H4.2ClH.Zr/c2*1-3-8-5-6-9(4-2)7-8;1-2;;;/h2*7H,3-5H2,1-2H3;1-2H2;2*1H;/q;;;;;+2/p-2. The summed E-state index contributed by atoms with van der Waals surface area (Å²) in [5, 5.41) is 0. The van der Waals surface area contributed by atoms with Gasteiger partial charge in [-0.25, -0.2) is 0 Å². The van der Waals surface area contributed by atoms with Gasteiger partial charge in [0.25, 0.3) is 0 Å². The fourth-order valence-electron chi connectivity index (χ4n) is 4.40. The van der Waals surface area contributed by atoms with Crippen LogP contribution in [0.2, 0.25) is 8.26 Å². The van der Waals surface area contributed by atoms with Crippen LogP contribution in [-0.4, -0.2) is 0 Å². The van der Waals surface area contributed by atoms with E-state index in [0.29, 0.717) is 0 Å². The van der Waals surface area contributed by atoms with Gasteiger partial charge in [0, 0.05) is 0 Å². The van der Waals surface area contributed by atoms with Crippen molar-refractivity contribution in [3.63, 3.8) is 0 Å². The molecule has 0 aromatic carbocycles. The first kappa shape index (κ1) is 21.5. The molecule has 128 valence electrons. The van der Waals surface area contributed by atoms with E-state index in [1.807, 2.05) is 6.56 Å². The molecule has 0 radical (unpaired) electrons. The summed E-state index contributed by atoms with van der Waals surface area (Å²) in [5.41, 5.74) is 6.94. The molecule has 23 heavy (non-hydrogen) atoms. The Bertz CT molecular complexity index is 526. The number of allylic oxidation sites excluding steroid dienone is 8. The second-order valence-electron chi connectivity index (χ2n) is 6.96. The largest absolute Gasteiger partial charge is 1.00 e. The van der Waals surface area contributed by atoms with Gasteiger partial charge in [0.1, 0.15) is 0 Å². The maximum atomic E-state index is 2.57. The Morgan fingerprint density at radius 1 is 0.696 bits per heavy atom. The number of rotatable bonds is 6. The molecule has 0 atom stereocenters. The summed E-state index contributed by atoms with van der Waals surface area (Å²) in [4.78, 5) is 0. The van der Waals surface area contributed by atoms with E-state index in [-0.39, 0.29) is 24.8 Å². The Morgan fingerprint density at radius 3 is 1.35 bits per heavy atom. The number of halogens is 2. The average molecular weight is 433 g/mol. The molecule has 1 fully saturated rings. The minimum atomic E-state index is -2.08. The van der Waals surface area contributed by atoms with Crippen LogP contribution in [0.15, 0.2) is 41.0 Å². The molecule has 1 heterocycles. The van der Waals surface area contributed by atoms with Crippen LogP contribution >= 0.6 is 0 Å². The van der Waals surface area contributed by atoms with Crippen molar-refractivity contribution in [2.75, 3.05) is 0 Å². The first-order valence-corrected chi connectivity index (χ1v) is 15.0. The summed E-state index contributed by atoms with van der Waals surface area (Å²) >= 11 is -2.08. The Hall–Kier alpha value is 0.423. The van der Waals surface area contributed by atoms with Crippen molar-refractivity contribution in [2.24, 2.45) is 0 Å². The van der Waals surface area contributed by atoms with E-state index in [4.69, 9.17) is 0 Å². The van der Waals surface area contributed by atoms with Crippen LogP contribution in [0.25, 0.3) is 0 Å². The van der Waals surface area contributed by atoms with E-state index in [0.717, 1.165) is 0 Å². The molecule has 1 saturated heterocycles. The van der Waals surface area contributed by atoms with Crippen molar-refractivity contribution < 1.29 is 45.1 Å². The van der Waals surface area contributed by atoms with E-state index in [1.165, 1.54) is 38.5 Å². The predicted molar refractivity (Wildman–Crippen MR) is 90.2 cm³/mol. The second kappa shape index (κ2) is 8.68. The van der Waals surface area contributed by atoms with E-state index >= 15 is 0 Å². The molecule has 0 bridgehead atoms. The van der Waals surface area contributed by atoms with Gasteiger partial charge in [-0.1, -0.05) is 0 Å². The summed E-state index contributed by atoms with van der Waals surface area (Å²) in [6, 6.07) is 0. The van der Waals surface area contributed by atoms with Crippen molar-refractivity contribution in [3.8, 4) is 0 Å². The molecule has 1 aliphatic heterocycles. The van der Waals surface area contributed by atoms with E-state index in [9.17, 15) is 0 Å². The fraction of sp³-hybridized carbons (Fsp3) is 0.600. The molecule has 0 nitrogen and oxygen atoms in total. The maximum absolute atomic E-state index is 2.57. The van der Waals surface area contributed by atoms with Crippen LogP contribution in [-0.2, 0) is 20.3 Å². The van der Waals surface area contributed by atoms with Gasteiger partial charge in [-0.05, 0) is 0 Å². The molecule has 0 unspecified atom stereocenters. The van der Waals surface area contributed by atoms with Gasteiger partial charge in [-0.3, -0.25) is 0 Å². The van der Waals surface area contributed by atoms with Crippen LogP contribution in [0.4, 0.5) is 0 Å². The molecule has 3 heteroatoms. The van der Waals surface area contributed by atoms with Gasteiger partial charge in [-0.15, -0.1) is 0 Å². The van der Waals surface area contributed by atoms with Crippen LogP contribution < -0.4 is 24.8 Å². The van der Waals surface area contributed by atoms with Crippen molar-refractivity contribution in [1.29, 1.82) is 0 Å². The molecular weight excluding hydrogens is 402 g/mol. The molecule has 0 amide bonds. The normalized spacial score (nSPS) is 20.3. The minimum Gasteiger partial charge on any atom is -1.00 e. The first-order chi connectivity index (χ1) is 10.2. The van der Waals surface area contributed by atoms with Crippen molar-refractivity contribution in [2.45, 2.75) is 74.5 Å². The molecule has 0 N–H and O–H groups in total. The molecule has 0 saturated carbocycles. The van der Waals surface area contributed by atoms with Gasteiger partial charge >= 0.3 is 136 Å². The Labute approximate surface area is 159 Å². The smallest absolute Gasteiger partial charge is 1.00 e. The topological polar surface area (TPSA) is 0 Å². The summed E-state index contributed by atoms with van der Waals surface area (Å²) in [6.07, 6.45) is 12.9. The number of hydrogen-bond donors (Lipinski definition) is 0. The summed E-state index contributed by atoms with van der Waals surface area (Å²) < 4.78 is 7.25.